The van der Waals surface area contributed by atoms with Gasteiger partial charge in [0.1, 0.15) is 5.75 Å². The molecule has 0 saturated carbocycles. The molecule has 3 N–H and O–H groups in total. The fourth-order valence-corrected chi connectivity index (χ4v) is 3.02. The summed E-state index contributed by atoms with van der Waals surface area (Å²) in [5, 5.41) is 2.55. The Morgan fingerprint density at radius 2 is 1.79 bits per heavy atom. The molecule has 0 aliphatic heterocycles. The zero-order valence-corrected chi connectivity index (χ0v) is 17.9. The fraction of sp³-hybridized carbons (Fsp3) is 0.250. The molecule has 0 aromatic heterocycles. The van der Waals surface area contributed by atoms with Gasteiger partial charge < -0.3 is 10.1 Å². The van der Waals surface area contributed by atoms with Gasteiger partial charge in [-0.1, -0.05) is 43.3 Å². The Kier molecular flexibility index (Phi) is 8.90. The van der Waals surface area contributed by atoms with Gasteiger partial charge in [-0.2, -0.15) is 0 Å². The lowest BCUT2D eigenvalue weighted by Crippen LogP contribution is -2.49. The number of carbonyl (C=O) groups is 2. The van der Waals surface area contributed by atoms with Gasteiger partial charge in [0.05, 0.1) is 4.47 Å². The van der Waals surface area contributed by atoms with Gasteiger partial charge in [-0.05, 0) is 64.2 Å². The predicted molar refractivity (Wildman–Crippen MR) is 116 cm³/mol. The van der Waals surface area contributed by atoms with E-state index >= 15 is 0 Å². The third-order valence-electron chi connectivity index (χ3n) is 3.82. The molecule has 28 heavy (non-hydrogen) atoms. The van der Waals surface area contributed by atoms with Gasteiger partial charge in [-0.3, -0.25) is 20.4 Å². The minimum absolute atomic E-state index is 0.0277. The summed E-state index contributed by atoms with van der Waals surface area (Å²) in [4.78, 5) is 23.8. The van der Waals surface area contributed by atoms with Crippen molar-refractivity contribution in [3.05, 3.63) is 64.1 Å². The molecule has 2 aromatic carbocycles. The molecule has 0 fully saturated rings. The molecule has 0 aliphatic carbocycles. The molecule has 2 amide bonds. The fourth-order valence-electron chi connectivity index (χ4n) is 2.31. The number of aryl methyl sites for hydroxylation is 2. The predicted octanol–water partition coefficient (Wildman–Crippen LogP) is 3.05. The molecule has 148 valence electrons. The molecule has 0 saturated heterocycles. The van der Waals surface area contributed by atoms with E-state index in [1.54, 1.807) is 6.07 Å². The van der Waals surface area contributed by atoms with Gasteiger partial charge in [0.15, 0.2) is 11.7 Å². The number of carbonyl (C=O) groups excluding carboxylic acids is 2. The van der Waals surface area contributed by atoms with Crippen molar-refractivity contribution in [2.75, 3.05) is 6.61 Å². The number of amides is 2. The number of ether oxygens (including phenoxy) is 1. The van der Waals surface area contributed by atoms with E-state index in [2.05, 4.69) is 39.0 Å². The Morgan fingerprint density at radius 1 is 1.04 bits per heavy atom. The van der Waals surface area contributed by atoms with Gasteiger partial charge >= 0.3 is 0 Å². The molecule has 0 radical (unpaired) electrons. The molecule has 0 unspecified atom stereocenters. The van der Waals surface area contributed by atoms with Crippen molar-refractivity contribution in [1.82, 2.24) is 16.2 Å². The summed E-state index contributed by atoms with van der Waals surface area (Å²) < 4.78 is 6.26. The normalized spacial score (nSPS) is 10.1. The van der Waals surface area contributed by atoms with E-state index in [9.17, 15) is 9.59 Å². The number of nitrogens with one attached hydrogen (secondary N) is 3. The number of rotatable bonds is 7. The molecule has 8 heteroatoms. The first-order valence-corrected chi connectivity index (χ1v) is 10.0. The summed E-state index contributed by atoms with van der Waals surface area (Å²) >= 11 is 8.42. The van der Waals surface area contributed by atoms with Gasteiger partial charge in [-0.25, -0.2) is 0 Å². The highest BCUT2D eigenvalue weighted by atomic mass is 79.9. The zero-order valence-electron chi connectivity index (χ0n) is 15.5. The van der Waals surface area contributed by atoms with E-state index in [1.165, 1.54) is 5.56 Å². The highest BCUT2D eigenvalue weighted by Crippen LogP contribution is 2.26. The Bertz CT molecular complexity index is 831. The first-order chi connectivity index (χ1) is 13.5. The van der Waals surface area contributed by atoms with E-state index in [1.807, 2.05) is 42.5 Å². The zero-order chi connectivity index (χ0) is 20.4. The van der Waals surface area contributed by atoms with Gasteiger partial charge in [0.2, 0.25) is 5.91 Å². The quantitative estimate of drug-likeness (QED) is 0.434. The summed E-state index contributed by atoms with van der Waals surface area (Å²) in [7, 11) is 0. The van der Waals surface area contributed by atoms with Gasteiger partial charge in [-0.15, -0.1) is 0 Å². The first-order valence-electron chi connectivity index (χ1n) is 8.81. The first kappa shape index (κ1) is 21.8. The van der Waals surface area contributed by atoms with Gasteiger partial charge in [0, 0.05) is 6.42 Å². The number of thiocarbonyl (C=S) groups is 1. The lowest BCUT2D eigenvalue weighted by atomic mass is 10.1. The maximum absolute atomic E-state index is 11.9. The Labute approximate surface area is 178 Å². The summed E-state index contributed by atoms with van der Waals surface area (Å²) in [5.41, 5.74) is 7.11. The second-order valence-corrected chi connectivity index (χ2v) is 7.21. The van der Waals surface area contributed by atoms with Crippen LogP contribution in [0.15, 0.2) is 53.0 Å². The molecular formula is C20H22BrN3O3S. The van der Waals surface area contributed by atoms with Crippen LogP contribution in [0.1, 0.15) is 24.5 Å². The monoisotopic (exact) mass is 463 g/mol. The number of benzene rings is 2. The summed E-state index contributed by atoms with van der Waals surface area (Å²) in [6.45, 7) is 1.87. The van der Waals surface area contributed by atoms with E-state index in [0.29, 0.717) is 18.6 Å². The van der Waals surface area contributed by atoms with Crippen LogP contribution in [0.25, 0.3) is 0 Å². The minimum atomic E-state index is -0.424. The van der Waals surface area contributed by atoms with Crippen LogP contribution in [0.5, 0.6) is 5.75 Å². The smallest absolute Gasteiger partial charge is 0.276 e. The lowest BCUT2D eigenvalue weighted by Gasteiger charge is -2.12. The van der Waals surface area contributed by atoms with Crippen LogP contribution in [0.2, 0.25) is 0 Å². The van der Waals surface area contributed by atoms with Crippen molar-refractivity contribution in [2.24, 2.45) is 0 Å². The van der Waals surface area contributed by atoms with E-state index < -0.39 is 5.91 Å². The minimum Gasteiger partial charge on any atom is -0.483 e. The van der Waals surface area contributed by atoms with Crippen LogP contribution < -0.4 is 20.9 Å². The highest BCUT2D eigenvalue weighted by molar-refractivity contribution is 9.10. The maximum atomic E-state index is 11.9. The lowest BCUT2D eigenvalue weighted by molar-refractivity contribution is -0.124. The van der Waals surface area contributed by atoms with Crippen molar-refractivity contribution in [1.29, 1.82) is 0 Å². The van der Waals surface area contributed by atoms with Crippen LogP contribution in [0, 0.1) is 0 Å². The largest absolute Gasteiger partial charge is 0.483 e. The summed E-state index contributed by atoms with van der Waals surface area (Å²) in [5.74, 6) is -0.0803. The van der Waals surface area contributed by atoms with Crippen LogP contribution in [-0.4, -0.2) is 23.5 Å². The molecule has 6 nitrogen and oxygen atoms in total. The van der Waals surface area contributed by atoms with Crippen molar-refractivity contribution in [3.63, 3.8) is 0 Å². The highest BCUT2D eigenvalue weighted by Gasteiger charge is 2.08. The number of halogens is 1. The molecule has 0 bridgehead atoms. The molecule has 0 heterocycles. The van der Waals surface area contributed by atoms with Crippen molar-refractivity contribution in [2.45, 2.75) is 26.2 Å². The standard InChI is InChI=1S/C20H22BrN3O3S/c1-2-14-8-10-17(16(21)12-14)27-13-19(26)23-24-20(28)22-18(25)11-9-15-6-4-3-5-7-15/h3-8,10,12H,2,9,11,13H2,1H3,(H,23,26)(H2,22,24,25,28). The van der Waals surface area contributed by atoms with Gasteiger partial charge in [0.25, 0.3) is 5.91 Å². The van der Waals surface area contributed by atoms with Crippen molar-refractivity contribution < 1.29 is 14.3 Å². The number of hydrogen-bond donors (Lipinski definition) is 3. The maximum Gasteiger partial charge on any atom is 0.276 e. The summed E-state index contributed by atoms with van der Waals surface area (Å²) in [6.07, 6.45) is 1.82. The topological polar surface area (TPSA) is 79.5 Å². The molecule has 2 rings (SSSR count). The Morgan fingerprint density at radius 3 is 2.46 bits per heavy atom. The average Bonchev–Trinajstić information content (AvgIpc) is 2.70. The van der Waals surface area contributed by atoms with Crippen LogP contribution >= 0.6 is 28.1 Å². The summed E-state index contributed by atoms with van der Waals surface area (Å²) in [6, 6.07) is 15.4. The third-order valence-corrected chi connectivity index (χ3v) is 4.64. The molecule has 2 aromatic rings. The second-order valence-electron chi connectivity index (χ2n) is 5.94. The van der Waals surface area contributed by atoms with Crippen molar-refractivity contribution >= 4 is 45.1 Å². The molecule has 0 atom stereocenters. The molecule has 0 spiro atoms. The third kappa shape index (κ3) is 7.66. The average molecular weight is 464 g/mol. The van der Waals surface area contributed by atoms with Crippen LogP contribution in [-0.2, 0) is 22.4 Å². The number of hydrazine groups is 1. The molecular weight excluding hydrogens is 442 g/mol. The second kappa shape index (κ2) is 11.4. The van der Waals surface area contributed by atoms with Crippen LogP contribution in [0.4, 0.5) is 0 Å². The van der Waals surface area contributed by atoms with Crippen LogP contribution in [0.3, 0.4) is 0 Å². The number of hydrogen-bond acceptors (Lipinski definition) is 4. The van der Waals surface area contributed by atoms with Crippen molar-refractivity contribution in [3.8, 4) is 5.75 Å². The Hall–Kier alpha value is -2.45. The van der Waals surface area contributed by atoms with E-state index in [0.717, 1.165) is 16.5 Å². The SMILES string of the molecule is CCc1ccc(OCC(=O)NNC(=S)NC(=O)CCc2ccccc2)c(Br)c1. The van der Waals surface area contributed by atoms with E-state index in [-0.39, 0.29) is 17.6 Å². The molecule has 0 aliphatic rings. The van der Waals surface area contributed by atoms with E-state index in [4.69, 9.17) is 17.0 Å². The Balaban J connectivity index is 1.66.